The lowest BCUT2D eigenvalue weighted by molar-refractivity contribution is 0.0944. The summed E-state index contributed by atoms with van der Waals surface area (Å²) in [5, 5.41) is 11.6. The molecule has 1 unspecified atom stereocenters. The highest BCUT2D eigenvalue weighted by atomic mass is 35.5. The molecule has 1 aliphatic rings. The summed E-state index contributed by atoms with van der Waals surface area (Å²) in [5.41, 5.74) is 0.747. The highest BCUT2D eigenvalue weighted by molar-refractivity contribution is 6.33. The number of aromatic nitrogens is 2. The summed E-state index contributed by atoms with van der Waals surface area (Å²) >= 11 is 11.9. The van der Waals surface area contributed by atoms with Crippen molar-refractivity contribution in [1.82, 2.24) is 20.0 Å². The predicted molar refractivity (Wildman–Crippen MR) is 88.2 cm³/mol. The zero-order chi connectivity index (χ0) is 15.4. The summed E-state index contributed by atoms with van der Waals surface area (Å²) in [5.74, 6) is 0.560. The summed E-state index contributed by atoms with van der Waals surface area (Å²) in [6.07, 6.45) is 0. The third kappa shape index (κ3) is 4.68. The average molecular weight is 332 g/mol. The molecule has 7 heteroatoms. The van der Waals surface area contributed by atoms with Gasteiger partial charge in [0, 0.05) is 44.8 Å². The number of hydrogen-bond acceptors (Lipinski definition) is 5. The van der Waals surface area contributed by atoms with Crippen molar-refractivity contribution in [3.63, 3.8) is 0 Å². The van der Waals surface area contributed by atoms with Gasteiger partial charge in [-0.3, -0.25) is 4.90 Å². The standard InChI is InChI=1S/C14H23Cl2N5/c1-10(2)12(21-6-4-20(3)5-7-21)9-17-11-8-13(15)18-19-14(11)16/h8,10,12H,4-7,9H2,1-3H3,(H,17,18). The van der Waals surface area contributed by atoms with Gasteiger partial charge in [-0.1, -0.05) is 37.0 Å². The van der Waals surface area contributed by atoms with Crippen LogP contribution in [0, 0.1) is 5.92 Å². The van der Waals surface area contributed by atoms with Crippen molar-refractivity contribution in [1.29, 1.82) is 0 Å². The SMILES string of the molecule is CC(C)C(CNc1cc(Cl)nnc1Cl)N1CCN(C)CC1. The zero-order valence-corrected chi connectivity index (χ0v) is 14.3. The van der Waals surface area contributed by atoms with Crippen LogP contribution in [0.25, 0.3) is 0 Å². The Balaban J connectivity index is 1.98. The highest BCUT2D eigenvalue weighted by Gasteiger charge is 2.25. The van der Waals surface area contributed by atoms with E-state index in [0.717, 1.165) is 38.4 Å². The van der Waals surface area contributed by atoms with E-state index in [1.165, 1.54) is 0 Å². The largest absolute Gasteiger partial charge is 0.381 e. The molecule has 5 nitrogen and oxygen atoms in total. The van der Waals surface area contributed by atoms with E-state index in [4.69, 9.17) is 23.2 Å². The minimum atomic E-state index is 0.350. The zero-order valence-electron chi connectivity index (χ0n) is 12.8. The topological polar surface area (TPSA) is 44.3 Å². The maximum absolute atomic E-state index is 6.05. The van der Waals surface area contributed by atoms with Crippen LogP contribution in [-0.2, 0) is 0 Å². The molecule has 0 aliphatic carbocycles. The lowest BCUT2D eigenvalue weighted by Crippen LogP contribution is -2.52. The van der Waals surface area contributed by atoms with Gasteiger partial charge in [0.25, 0.3) is 0 Å². The monoisotopic (exact) mass is 331 g/mol. The van der Waals surface area contributed by atoms with Crippen molar-refractivity contribution < 1.29 is 0 Å². The van der Waals surface area contributed by atoms with Gasteiger partial charge in [-0.2, -0.15) is 0 Å². The first-order chi connectivity index (χ1) is 9.97. The van der Waals surface area contributed by atoms with E-state index in [0.29, 0.717) is 22.3 Å². The minimum absolute atomic E-state index is 0.350. The van der Waals surface area contributed by atoms with E-state index >= 15 is 0 Å². The van der Waals surface area contributed by atoms with Crippen molar-refractivity contribution in [2.45, 2.75) is 19.9 Å². The number of likely N-dealkylation sites (N-methyl/N-ethyl adjacent to an activating group) is 1. The number of nitrogens with one attached hydrogen (secondary N) is 1. The molecule has 0 amide bonds. The summed E-state index contributed by atoms with van der Waals surface area (Å²) in [4.78, 5) is 4.91. The van der Waals surface area contributed by atoms with Crippen molar-refractivity contribution >= 4 is 28.9 Å². The summed E-state index contributed by atoms with van der Waals surface area (Å²) in [7, 11) is 2.17. The maximum atomic E-state index is 6.05. The van der Waals surface area contributed by atoms with Crippen molar-refractivity contribution in [3.8, 4) is 0 Å². The van der Waals surface area contributed by atoms with Gasteiger partial charge in [0.15, 0.2) is 10.3 Å². The van der Waals surface area contributed by atoms with Crippen LogP contribution in [0.3, 0.4) is 0 Å². The molecular weight excluding hydrogens is 309 g/mol. The normalized spacial score (nSPS) is 19.0. The second-order valence-electron chi connectivity index (χ2n) is 5.90. The Kier molecular flexibility index (Phi) is 6.05. The molecular formula is C14H23Cl2N5. The van der Waals surface area contributed by atoms with Crippen molar-refractivity contribution in [2.75, 3.05) is 45.1 Å². The molecule has 1 aromatic heterocycles. The fraction of sp³-hybridized carbons (Fsp3) is 0.714. The molecule has 2 heterocycles. The first-order valence-electron chi connectivity index (χ1n) is 7.32. The second-order valence-corrected chi connectivity index (χ2v) is 6.65. The number of piperazine rings is 1. The lowest BCUT2D eigenvalue weighted by Gasteiger charge is -2.40. The van der Waals surface area contributed by atoms with Gasteiger partial charge in [0.2, 0.25) is 0 Å². The molecule has 1 saturated heterocycles. The summed E-state index contributed by atoms with van der Waals surface area (Å²) in [6.45, 7) is 9.77. The fourth-order valence-electron chi connectivity index (χ4n) is 2.63. The van der Waals surface area contributed by atoms with E-state index in [9.17, 15) is 0 Å². The minimum Gasteiger partial charge on any atom is -0.381 e. The quantitative estimate of drug-likeness (QED) is 0.897. The van der Waals surface area contributed by atoms with Crippen molar-refractivity contribution in [3.05, 3.63) is 16.4 Å². The molecule has 0 spiro atoms. The van der Waals surface area contributed by atoms with Gasteiger partial charge in [0.1, 0.15) is 0 Å². The van der Waals surface area contributed by atoms with E-state index in [1.54, 1.807) is 6.07 Å². The van der Waals surface area contributed by atoms with Crippen LogP contribution in [0.15, 0.2) is 6.07 Å². The van der Waals surface area contributed by atoms with Gasteiger partial charge in [-0.25, -0.2) is 0 Å². The summed E-state index contributed by atoms with van der Waals surface area (Å²) in [6, 6.07) is 2.18. The molecule has 1 fully saturated rings. The smallest absolute Gasteiger partial charge is 0.174 e. The molecule has 0 aromatic carbocycles. The molecule has 1 atom stereocenters. The van der Waals surface area contributed by atoms with Gasteiger partial charge in [-0.15, -0.1) is 10.2 Å². The second kappa shape index (κ2) is 7.58. The van der Waals surface area contributed by atoms with E-state index in [2.05, 4.69) is 46.2 Å². The Morgan fingerprint density at radius 1 is 1.19 bits per heavy atom. The molecule has 0 saturated carbocycles. The molecule has 0 bridgehead atoms. The number of halogens is 2. The lowest BCUT2D eigenvalue weighted by atomic mass is 10.0. The molecule has 2 rings (SSSR count). The van der Waals surface area contributed by atoms with Crippen LogP contribution in [0.4, 0.5) is 5.69 Å². The van der Waals surface area contributed by atoms with E-state index in [1.807, 2.05) is 0 Å². The van der Waals surface area contributed by atoms with Gasteiger partial charge >= 0.3 is 0 Å². The first-order valence-corrected chi connectivity index (χ1v) is 8.08. The van der Waals surface area contributed by atoms with E-state index < -0.39 is 0 Å². The Morgan fingerprint density at radius 2 is 1.86 bits per heavy atom. The van der Waals surface area contributed by atoms with Gasteiger partial charge in [-0.05, 0) is 13.0 Å². The highest BCUT2D eigenvalue weighted by Crippen LogP contribution is 2.22. The molecule has 118 valence electrons. The fourth-order valence-corrected chi connectivity index (χ4v) is 2.94. The Morgan fingerprint density at radius 3 is 2.48 bits per heavy atom. The summed E-state index contributed by atoms with van der Waals surface area (Å²) < 4.78 is 0. The number of nitrogens with zero attached hydrogens (tertiary/aromatic N) is 4. The van der Waals surface area contributed by atoms with Crippen LogP contribution >= 0.6 is 23.2 Å². The van der Waals surface area contributed by atoms with Gasteiger partial charge in [0.05, 0.1) is 5.69 Å². The van der Waals surface area contributed by atoms with Gasteiger partial charge < -0.3 is 10.2 Å². The van der Waals surface area contributed by atoms with Crippen molar-refractivity contribution in [2.24, 2.45) is 5.92 Å². The molecule has 1 aliphatic heterocycles. The molecule has 0 radical (unpaired) electrons. The Labute approximate surface area is 136 Å². The molecule has 21 heavy (non-hydrogen) atoms. The number of hydrogen-bond donors (Lipinski definition) is 1. The Hall–Kier alpha value is -0.620. The van der Waals surface area contributed by atoms with E-state index in [-0.39, 0.29) is 0 Å². The van der Waals surface area contributed by atoms with Crippen LogP contribution in [0.2, 0.25) is 10.3 Å². The number of rotatable bonds is 5. The van der Waals surface area contributed by atoms with Crippen LogP contribution < -0.4 is 5.32 Å². The van der Waals surface area contributed by atoms with Crippen LogP contribution in [0.5, 0.6) is 0 Å². The predicted octanol–water partition coefficient (Wildman–Crippen LogP) is 2.47. The third-order valence-corrected chi connectivity index (χ3v) is 4.46. The Bertz CT molecular complexity index is 461. The number of anilines is 1. The van der Waals surface area contributed by atoms with Crippen LogP contribution in [-0.4, -0.2) is 65.8 Å². The third-order valence-electron chi connectivity index (χ3n) is 4.00. The average Bonchev–Trinajstić information content (AvgIpc) is 2.44. The molecule has 1 N–H and O–H groups in total. The first kappa shape index (κ1) is 16.7. The van der Waals surface area contributed by atoms with Crippen LogP contribution in [0.1, 0.15) is 13.8 Å². The maximum Gasteiger partial charge on any atom is 0.174 e. The molecule has 1 aromatic rings.